The number of carbonyl (C=O) groups excluding carboxylic acids is 2. The third-order valence-corrected chi connectivity index (χ3v) is 5.54. The molecule has 152 valence electrons. The summed E-state index contributed by atoms with van der Waals surface area (Å²) in [7, 11) is 1.58. The monoisotopic (exact) mass is 393 g/mol. The first-order valence-corrected chi connectivity index (χ1v) is 9.67. The van der Waals surface area contributed by atoms with Crippen molar-refractivity contribution < 1.29 is 19.4 Å². The van der Waals surface area contributed by atoms with E-state index in [0.29, 0.717) is 17.0 Å². The zero-order valence-electron chi connectivity index (χ0n) is 17.2. The maximum Gasteiger partial charge on any atom is 0.158 e. The van der Waals surface area contributed by atoms with Gasteiger partial charge in [-0.05, 0) is 50.6 Å². The van der Waals surface area contributed by atoms with Crippen molar-refractivity contribution in [1.82, 2.24) is 0 Å². The van der Waals surface area contributed by atoms with Crippen LogP contribution in [0.5, 0.6) is 5.75 Å². The Morgan fingerprint density at radius 1 is 1.07 bits per heavy atom. The molecule has 5 heteroatoms. The summed E-state index contributed by atoms with van der Waals surface area (Å²) in [6, 6.07) is 16.8. The smallest absolute Gasteiger partial charge is 0.158 e. The van der Waals surface area contributed by atoms with Crippen molar-refractivity contribution in [1.29, 1.82) is 0 Å². The first-order chi connectivity index (χ1) is 13.7. The van der Waals surface area contributed by atoms with Crippen LogP contribution in [-0.2, 0) is 9.59 Å². The quantitative estimate of drug-likeness (QED) is 0.773. The van der Waals surface area contributed by atoms with E-state index in [1.165, 1.54) is 13.8 Å². The Morgan fingerprint density at radius 3 is 2.21 bits per heavy atom. The van der Waals surface area contributed by atoms with Crippen LogP contribution >= 0.6 is 0 Å². The van der Waals surface area contributed by atoms with Crippen LogP contribution in [0.15, 0.2) is 65.9 Å². The van der Waals surface area contributed by atoms with Crippen molar-refractivity contribution in [3.63, 3.8) is 0 Å². The van der Waals surface area contributed by atoms with Crippen molar-refractivity contribution in [3.8, 4) is 5.75 Å². The highest BCUT2D eigenvalue weighted by molar-refractivity contribution is 5.98. The van der Waals surface area contributed by atoms with Crippen LogP contribution in [0.4, 0.5) is 5.69 Å². The van der Waals surface area contributed by atoms with Crippen LogP contribution in [0.1, 0.15) is 38.7 Å². The molecule has 1 aliphatic carbocycles. The summed E-state index contributed by atoms with van der Waals surface area (Å²) in [5.41, 5.74) is 1.50. The van der Waals surface area contributed by atoms with Gasteiger partial charge in [-0.3, -0.25) is 9.59 Å². The zero-order chi connectivity index (χ0) is 21.2. The highest BCUT2D eigenvalue weighted by Crippen LogP contribution is 2.47. The number of hydrogen-bond acceptors (Lipinski definition) is 5. The van der Waals surface area contributed by atoms with Crippen molar-refractivity contribution >= 4 is 17.3 Å². The van der Waals surface area contributed by atoms with Crippen LogP contribution in [0.3, 0.4) is 0 Å². The molecule has 0 fully saturated rings. The number of ketones is 2. The lowest BCUT2D eigenvalue weighted by atomic mass is 9.64. The number of aliphatic hydroxyl groups is 1. The topological polar surface area (TPSA) is 75.6 Å². The molecule has 0 saturated heterocycles. The molecule has 3 rings (SSSR count). The maximum absolute atomic E-state index is 12.8. The van der Waals surface area contributed by atoms with E-state index in [4.69, 9.17) is 4.74 Å². The number of ether oxygens (including phenoxy) is 1. The molecule has 0 spiro atoms. The summed E-state index contributed by atoms with van der Waals surface area (Å²) < 4.78 is 5.24. The molecule has 0 saturated carbocycles. The van der Waals surface area contributed by atoms with E-state index in [-0.39, 0.29) is 18.0 Å². The van der Waals surface area contributed by atoms with Gasteiger partial charge in [-0.25, -0.2) is 0 Å². The van der Waals surface area contributed by atoms with Crippen molar-refractivity contribution in [2.24, 2.45) is 5.92 Å². The minimum Gasteiger partial charge on any atom is -0.497 e. The summed E-state index contributed by atoms with van der Waals surface area (Å²) in [5.74, 6) is -0.854. The lowest BCUT2D eigenvalue weighted by molar-refractivity contribution is -0.131. The zero-order valence-corrected chi connectivity index (χ0v) is 17.2. The van der Waals surface area contributed by atoms with Gasteiger partial charge < -0.3 is 15.2 Å². The van der Waals surface area contributed by atoms with Gasteiger partial charge >= 0.3 is 0 Å². The Hall–Kier alpha value is -2.92. The fourth-order valence-electron chi connectivity index (χ4n) is 4.36. The number of rotatable bonds is 6. The van der Waals surface area contributed by atoms with E-state index in [9.17, 15) is 14.7 Å². The lowest BCUT2D eigenvalue weighted by Gasteiger charge is -2.43. The first-order valence-electron chi connectivity index (χ1n) is 9.67. The van der Waals surface area contributed by atoms with Crippen molar-refractivity contribution in [3.05, 3.63) is 71.4 Å². The second kappa shape index (κ2) is 8.21. The second-order valence-corrected chi connectivity index (χ2v) is 7.81. The predicted molar refractivity (Wildman–Crippen MR) is 113 cm³/mol. The van der Waals surface area contributed by atoms with Gasteiger partial charge in [0.2, 0.25) is 0 Å². The summed E-state index contributed by atoms with van der Waals surface area (Å²) in [5, 5.41) is 14.6. The van der Waals surface area contributed by atoms with Gasteiger partial charge in [0, 0.05) is 29.3 Å². The maximum atomic E-state index is 12.8. The van der Waals surface area contributed by atoms with Crippen LogP contribution in [0.25, 0.3) is 0 Å². The van der Waals surface area contributed by atoms with E-state index >= 15 is 0 Å². The molecule has 2 N–H and O–H groups in total. The Labute approximate surface area is 171 Å². The van der Waals surface area contributed by atoms with Crippen molar-refractivity contribution in [2.75, 3.05) is 12.4 Å². The summed E-state index contributed by atoms with van der Waals surface area (Å²) in [4.78, 5) is 25.4. The van der Waals surface area contributed by atoms with Gasteiger partial charge in [-0.15, -0.1) is 0 Å². The standard InChI is InChI=1S/C24H27NO4/c1-15(26)21-20(25-18-8-6-5-7-9-18)14-24(3,28)23(16(2)27)22(21)17-10-12-19(29-4)13-11-17/h5-13,22-23,25,28H,14H2,1-4H3/t22-,23-,24+/m1/s1. The molecule has 0 amide bonds. The highest BCUT2D eigenvalue weighted by Gasteiger charge is 2.49. The molecule has 0 bridgehead atoms. The van der Waals surface area contributed by atoms with Gasteiger partial charge in [0.1, 0.15) is 11.5 Å². The number of benzene rings is 2. The fraction of sp³-hybridized carbons (Fsp3) is 0.333. The SMILES string of the molecule is COc1ccc([C@@H]2C(C(C)=O)=C(Nc3ccccc3)C[C@](C)(O)[C@@H]2C(C)=O)cc1. The average molecular weight is 393 g/mol. The van der Waals surface area contributed by atoms with E-state index in [1.807, 2.05) is 42.5 Å². The molecule has 2 aromatic carbocycles. The molecule has 0 aromatic heterocycles. The molecular weight excluding hydrogens is 366 g/mol. The van der Waals surface area contributed by atoms with Gasteiger partial charge in [-0.2, -0.15) is 0 Å². The summed E-state index contributed by atoms with van der Waals surface area (Å²) in [6.07, 6.45) is 0.188. The second-order valence-electron chi connectivity index (χ2n) is 7.81. The Bertz CT molecular complexity index is 929. The number of methoxy groups -OCH3 is 1. The average Bonchev–Trinajstić information content (AvgIpc) is 2.67. The van der Waals surface area contributed by atoms with Crippen molar-refractivity contribution in [2.45, 2.75) is 38.7 Å². The van der Waals surface area contributed by atoms with Crippen LogP contribution in [0.2, 0.25) is 0 Å². The van der Waals surface area contributed by atoms with Gasteiger partial charge in [-0.1, -0.05) is 30.3 Å². The molecule has 0 unspecified atom stereocenters. The summed E-state index contributed by atoms with van der Waals surface area (Å²) in [6.45, 7) is 4.65. The summed E-state index contributed by atoms with van der Waals surface area (Å²) >= 11 is 0. The fourth-order valence-corrected chi connectivity index (χ4v) is 4.36. The van der Waals surface area contributed by atoms with E-state index in [1.54, 1.807) is 26.2 Å². The van der Waals surface area contributed by atoms with Crippen LogP contribution in [-0.4, -0.2) is 29.4 Å². The Kier molecular flexibility index (Phi) is 5.89. The number of hydrogen-bond donors (Lipinski definition) is 2. The Balaban J connectivity index is 2.19. The third-order valence-electron chi connectivity index (χ3n) is 5.54. The molecular formula is C24H27NO4. The van der Waals surface area contributed by atoms with Crippen LogP contribution in [0, 0.1) is 5.92 Å². The predicted octanol–water partition coefficient (Wildman–Crippen LogP) is 4.09. The van der Waals surface area contributed by atoms with Gasteiger partial charge in [0.05, 0.1) is 18.6 Å². The molecule has 0 heterocycles. The molecule has 1 aliphatic rings. The lowest BCUT2D eigenvalue weighted by Crippen LogP contribution is -2.48. The molecule has 0 radical (unpaired) electrons. The Morgan fingerprint density at radius 2 is 1.69 bits per heavy atom. The number of nitrogens with one attached hydrogen (secondary N) is 1. The first kappa shape index (κ1) is 20.8. The van der Waals surface area contributed by atoms with E-state index in [0.717, 1.165) is 11.3 Å². The molecule has 29 heavy (non-hydrogen) atoms. The largest absolute Gasteiger partial charge is 0.497 e. The molecule has 3 atom stereocenters. The van der Waals surface area contributed by atoms with E-state index < -0.39 is 17.4 Å². The van der Waals surface area contributed by atoms with Gasteiger partial charge in [0.25, 0.3) is 0 Å². The van der Waals surface area contributed by atoms with Crippen LogP contribution < -0.4 is 10.1 Å². The number of carbonyl (C=O) groups is 2. The normalized spacial score (nSPS) is 24.2. The third kappa shape index (κ3) is 4.25. The number of anilines is 1. The van der Waals surface area contributed by atoms with E-state index in [2.05, 4.69) is 5.32 Å². The van der Waals surface area contributed by atoms with Gasteiger partial charge in [0.15, 0.2) is 5.78 Å². The molecule has 5 nitrogen and oxygen atoms in total. The molecule has 2 aromatic rings. The minimum absolute atomic E-state index is 0.119. The highest BCUT2D eigenvalue weighted by atomic mass is 16.5. The minimum atomic E-state index is -1.30. The number of allylic oxidation sites excluding steroid dienone is 1. The molecule has 0 aliphatic heterocycles. The number of Topliss-reactive ketones (excluding diaryl/α,β-unsaturated/α-hetero) is 2. The number of para-hydroxylation sites is 1.